The highest BCUT2D eigenvalue weighted by Crippen LogP contribution is 2.36. The monoisotopic (exact) mass is 310 g/mol. The van der Waals surface area contributed by atoms with Gasteiger partial charge in [-0.2, -0.15) is 0 Å². The second-order valence-electron chi connectivity index (χ2n) is 6.19. The molecule has 0 bridgehead atoms. The molecule has 21 heavy (non-hydrogen) atoms. The number of ether oxygens (including phenoxy) is 1. The third kappa shape index (κ3) is 3.25. The van der Waals surface area contributed by atoms with Crippen molar-refractivity contribution in [1.29, 1.82) is 0 Å². The number of esters is 1. The van der Waals surface area contributed by atoms with Gasteiger partial charge >= 0.3 is 13.1 Å². The fraction of sp³-hybridized carbons (Fsp3) is 0.533. The van der Waals surface area contributed by atoms with Crippen LogP contribution in [0.2, 0.25) is 5.02 Å². The first-order valence-electron chi connectivity index (χ1n) is 6.87. The van der Waals surface area contributed by atoms with Crippen molar-refractivity contribution in [2.75, 3.05) is 7.11 Å². The minimum absolute atomic E-state index is 0.128. The van der Waals surface area contributed by atoms with E-state index in [4.69, 9.17) is 20.9 Å². The van der Waals surface area contributed by atoms with E-state index in [0.717, 1.165) is 5.46 Å². The molecule has 1 aliphatic rings. The fourth-order valence-corrected chi connectivity index (χ4v) is 2.27. The molecule has 0 saturated carbocycles. The predicted molar refractivity (Wildman–Crippen MR) is 82.9 cm³/mol. The molecule has 2 rings (SSSR count). The largest absolute Gasteiger partial charge is 0.494 e. The zero-order chi connectivity index (χ0) is 15.8. The second kappa shape index (κ2) is 5.63. The van der Waals surface area contributed by atoms with Crippen LogP contribution in [0.5, 0.6) is 0 Å². The lowest BCUT2D eigenvalue weighted by Crippen LogP contribution is -2.41. The standard InChI is InChI=1S/C15H20BClO4/c1-14(2)15(3,4)21-16(20-14)11-6-7-12(17)10(8-11)9-13(18)19-5/h6-8H,9H2,1-5H3. The molecule has 4 nitrogen and oxygen atoms in total. The van der Waals surface area contributed by atoms with E-state index >= 15 is 0 Å². The van der Waals surface area contributed by atoms with Gasteiger partial charge in [-0.3, -0.25) is 4.79 Å². The average Bonchev–Trinajstić information content (AvgIpc) is 2.61. The quantitative estimate of drug-likeness (QED) is 0.635. The maximum Gasteiger partial charge on any atom is 0.494 e. The number of rotatable bonds is 3. The Kier molecular flexibility index (Phi) is 4.38. The Morgan fingerprint density at radius 2 is 1.81 bits per heavy atom. The van der Waals surface area contributed by atoms with Crippen molar-refractivity contribution in [2.24, 2.45) is 0 Å². The van der Waals surface area contributed by atoms with Crippen LogP contribution in [0, 0.1) is 0 Å². The van der Waals surface area contributed by atoms with Gasteiger partial charge in [0, 0.05) is 5.02 Å². The van der Waals surface area contributed by atoms with E-state index in [2.05, 4.69) is 4.74 Å². The highest BCUT2D eigenvalue weighted by molar-refractivity contribution is 6.62. The summed E-state index contributed by atoms with van der Waals surface area (Å²) in [6, 6.07) is 5.44. The van der Waals surface area contributed by atoms with E-state index in [9.17, 15) is 4.79 Å². The zero-order valence-corrected chi connectivity index (χ0v) is 13.8. The van der Waals surface area contributed by atoms with Crippen molar-refractivity contribution in [3.63, 3.8) is 0 Å². The number of halogens is 1. The van der Waals surface area contributed by atoms with E-state index in [1.807, 2.05) is 39.8 Å². The van der Waals surface area contributed by atoms with Gasteiger partial charge in [0.25, 0.3) is 0 Å². The Balaban J connectivity index is 2.26. The van der Waals surface area contributed by atoms with Gasteiger partial charge in [0.1, 0.15) is 0 Å². The summed E-state index contributed by atoms with van der Waals surface area (Å²) < 4.78 is 16.7. The maximum absolute atomic E-state index is 11.4. The maximum atomic E-state index is 11.4. The van der Waals surface area contributed by atoms with Crippen LogP contribution in [0.15, 0.2) is 18.2 Å². The third-order valence-electron chi connectivity index (χ3n) is 4.16. The Morgan fingerprint density at radius 1 is 1.24 bits per heavy atom. The summed E-state index contributed by atoms with van der Waals surface area (Å²) >= 11 is 6.13. The zero-order valence-electron chi connectivity index (χ0n) is 13.0. The first-order chi connectivity index (χ1) is 9.66. The van der Waals surface area contributed by atoms with E-state index in [1.165, 1.54) is 7.11 Å². The van der Waals surface area contributed by atoms with Crippen molar-refractivity contribution < 1.29 is 18.8 Å². The lowest BCUT2D eigenvalue weighted by Gasteiger charge is -2.32. The van der Waals surface area contributed by atoms with Gasteiger partial charge in [0.15, 0.2) is 0 Å². The van der Waals surface area contributed by atoms with Gasteiger partial charge in [-0.25, -0.2) is 0 Å². The average molecular weight is 311 g/mol. The van der Waals surface area contributed by atoms with Gasteiger partial charge in [-0.1, -0.05) is 23.7 Å². The van der Waals surface area contributed by atoms with Crippen LogP contribution in [0.25, 0.3) is 0 Å². The van der Waals surface area contributed by atoms with Crippen molar-refractivity contribution in [1.82, 2.24) is 0 Å². The molecule has 1 saturated heterocycles. The van der Waals surface area contributed by atoms with Crippen LogP contribution in [0.3, 0.4) is 0 Å². The van der Waals surface area contributed by atoms with Crippen molar-refractivity contribution in [2.45, 2.75) is 45.3 Å². The minimum atomic E-state index is -0.469. The number of hydrogen-bond donors (Lipinski definition) is 0. The van der Waals surface area contributed by atoms with Gasteiger partial charge in [0.05, 0.1) is 24.7 Å². The molecular weight excluding hydrogens is 290 g/mol. The van der Waals surface area contributed by atoms with Crippen molar-refractivity contribution >= 4 is 30.2 Å². The van der Waals surface area contributed by atoms with Crippen LogP contribution in [0.4, 0.5) is 0 Å². The Hall–Kier alpha value is -1.04. The Bertz CT molecular complexity index is 541. The molecule has 1 aromatic rings. The first-order valence-corrected chi connectivity index (χ1v) is 7.25. The summed E-state index contributed by atoms with van der Waals surface area (Å²) in [5, 5.41) is 0.528. The van der Waals surface area contributed by atoms with Crippen LogP contribution < -0.4 is 5.46 Å². The molecule has 0 spiro atoms. The van der Waals surface area contributed by atoms with Crippen molar-refractivity contribution in [3.05, 3.63) is 28.8 Å². The molecule has 1 aliphatic heterocycles. The number of methoxy groups -OCH3 is 1. The number of benzene rings is 1. The topological polar surface area (TPSA) is 44.8 Å². The van der Waals surface area contributed by atoms with E-state index in [1.54, 1.807) is 6.07 Å². The molecule has 0 aromatic heterocycles. The summed E-state index contributed by atoms with van der Waals surface area (Å²) in [5.41, 5.74) is 0.743. The third-order valence-corrected chi connectivity index (χ3v) is 4.53. The summed E-state index contributed by atoms with van der Waals surface area (Å²) in [4.78, 5) is 11.4. The summed E-state index contributed by atoms with van der Waals surface area (Å²) in [5.74, 6) is -0.331. The Morgan fingerprint density at radius 3 is 2.33 bits per heavy atom. The molecule has 1 aromatic carbocycles. The van der Waals surface area contributed by atoms with Gasteiger partial charge < -0.3 is 14.0 Å². The number of carbonyl (C=O) groups excluding carboxylic acids is 1. The van der Waals surface area contributed by atoms with Gasteiger partial charge in [-0.15, -0.1) is 0 Å². The minimum Gasteiger partial charge on any atom is -0.469 e. The summed E-state index contributed by atoms with van der Waals surface area (Å²) in [7, 11) is 0.887. The molecule has 1 heterocycles. The van der Waals surface area contributed by atoms with Crippen LogP contribution >= 0.6 is 11.6 Å². The fourth-order valence-electron chi connectivity index (χ4n) is 2.08. The number of carbonyl (C=O) groups is 1. The smallest absolute Gasteiger partial charge is 0.469 e. The van der Waals surface area contributed by atoms with Crippen molar-refractivity contribution in [3.8, 4) is 0 Å². The molecule has 0 N–H and O–H groups in total. The SMILES string of the molecule is COC(=O)Cc1cc(B2OC(C)(C)C(C)(C)O2)ccc1Cl. The van der Waals surface area contributed by atoms with E-state index in [0.29, 0.717) is 10.6 Å². The predicted octanol–water partition coefficient (Wildman–Crippen LogP) is 2.35. The molecule has 6 heteroatoms. The summed E-state index contributed by atoms with van der Waals surface area (Å²) in [6.07, 6.45) is 0.128. The molecule has 114 valence electrons. The van der Waals surface area contributed by atoms with Gasteiger partial charge in [0.2, 0.25) is 0 Å². The highest BCUT2D eigenvalue weighted by atomic mass is 35.5. The molecule has 0 aliphatic carbocycles. The summed E-state index contributed by atoms with van der Waals surface area (Å²) in [6.45, 7) is 7.99. The molecule has 1 fully saturated rings. The molecular formula is C15H20BClO4. The van der Waals surface area contributed by atoms with E-state index in [-0.39, 0.29) is 12.4 Å². The normalized spacial score (nSPS) is 19.6. The number of hydrogen-bond acceptors (Lipinski definition) is 4. The second-order valence-corrected chi connectivity index (χ2v) is 6.60. The van der Waals surface area contributed by atoms with Crippen LogP contribution in [0.1, 0.15) is 33.3 Å². The van der Waals surface area contributed by atoms with Crippen LogP contribution in [-0.4, -0.2) is 31.4 Å². The van der Waals surface area contributed by atoms with Gasteiger partial charge in [-0.05, 0) is 44.8 Å². The molecule has 0 amide bonds. The Labute approximate surface area is 130 Å². The lowest BCUT2D eigenvalue weighted by molar-refractivity contribution is -0.139. The van der Waals surface area contributed by atoms with Crippen LogP contribution in [-0.2, 0) is 25.3 Å². The molecule has 0 atom stereocenters. The van der Waals surface area contributed by atoms with E-state index < -0.39 is 18.3 Å². The lowest BCUT2D eigenvalue weighted by atomic mass is 9.78. The highest BCUT2D eigenvalue weighted by Gasteiger charge is 2.51. The molecule has 0 unspecified atom stereocenters. The molecule has 0 radical (unpaired) electrons. The first kappa shape index (κ1) is 16.3.